The van der Waals surface area contributed by atoms with E-state index in [2.05, 4.69) is 109 Å². The van der Waals surface area contributed by atoms with Crippen LogP contribution in [-0.2, 0) is 0 Å². The van der Waals surface area contributed by atoms with Crippen molar-refractivity contribution in [1.29, 1.82) is 0 Å². The summed E-state index contributed by atoms with van der Waals surface area (Å²) in [4.78, 5) is 0. The minimum absolute atomic E-state index is 1.21. The summed E-state index contributed by atoms with van der Waals surface area (Å²) in [5.41, 5.74) is 4.86. The zero-order valence-electron chi connectivity index (χ0n) is 14.5. The number of hydrogen-bond acceptors (Lipinski definition) is 0. The summed E-state index contributed by atoms with van der Waals surface area (Å²) in [5, 5.41) is 2.52. The fourth-order valence-electron chi connectivity index (χ4n) is 3.00. The first-order valence-corrected chi connectivity index (χ1v) is 8.87. The Balaban J connectivity index is 1.60. The predicted octanol–water partition coefficient (Wildman–Crippen LogP) is 7.18. The van der Waals surface area contributed by atoms with Gasteiger partial charge in [0.2, 0.25) is 0 Å². The monoisotopic (exact) mass is 332 g/mol. The summed E-state index contributed by atoms with van der Waals surface area (Å²) >= 11 is 0. The third-order valence-electron chi connectivity index (χ3n) is 4.42. The average molecular weight is 332 g/mol. The molecule has 0 aromatic heterocycles. The van der Waals surface area contributed by atoms with E-state index in [0.717, 1.165) is 0 Å². The number of fused-ring (bicyclic) bond motifs is 1. The van der Waals surface area contributed by atoms with Crippen LogP contribution in [0.3, 0.4) is 0 Å². The maximum Gasteiger partial charge on any atom is -0.0172 e. The second-order valence-electron chi connectivity index (χ2n) is 6.35. The Kier molecular flexibility index (Phi) is 4.75. The summed E-state index contributed by atoms with van der Waals surface area (Å²) in [6.45, 7) is 0. The van der Waals surface area contributed by atoms with Crippen molar-refractivity contribution in [2.45, 2.75) is 0 Å². The van der Waals surface area contributed by atoms with Crippen molar-refractivity contribution in [3.05, 3.63) is 119 Å². The van der Waals surface area contributed by atoms with Crippen molar-refractivity contribution < 1.29 is 0 Å². The molecule has 0 radical (unpaired) electrons. The standard InChI is InChI=1S/C26H20/c1-3-7-21(8-4-1)11-13-23-15-17-25-18-16-24(20-26(25)19-23)14-12-22-9-5-2-6-10-22/h1-20H/b13-11+,14-12+. The van der Waals surface area contributed by atoms with Crippen LogP contribution in [0.4, 0.5) is 0 Å². The maximum absolute atomic E-state index is 2.24. The van der Waals surface area contributed by atoms with Crippen LogP contribution in [0.15, 0.2) is 97.1 Å². The van der Waals surface area contributed by atoms with Gasteiger partial charge in [0.05, 0.1) is 0 Å². The molecule has 0 saturated heterocycles. The lowest BCUT2D eigenvalue weighted by Gasteiger charge is -2.02. The molecule has 4 aromatic carbocycles. The highest BCUT2D eigenvalue weighted by molar-refractivity contribution is 5.88. The third-order valence-corrected chi connectivity index (χ3v) is 4.42. The van der Waals surface area contributed by atoms with Crippen LogP contribution in [0.5, 0.6) is 0 Å². The molecule has 0 aliphatic rings. The van der Waals surface area contributed by atoms with Gasteiger partial charge in [-0.1, -0.05) is 109 Å². The molecule has 4 aromatic rings. The molecule has 0 nitrogen and oxygen atoms in total. The third kappa shape index (κ3) is 3.99. The van der Waals surface area contributed by atoms with E-state index >= 15 is 0 Å². The highest BCUT2D eigenvalue weighted by Crippen LogP contribution is 2.21. The van der Waals surface area contributed by atoms with E-state index in [1.165, 1.54) is 33.0 Å². The van der Waals surface area contributed by atoms with Crippen LogP contribution in [-0.4, -0.2) is 0 Å². The lowest BCUT2D eigenvalue weighted by molar-refractivity contribution is 1.65. The Bertz CT molecular complexity index is 971. The van der Waals surface area contributed by atoms with Crippen LogP contribution in [0.1, 0.15) is 22.3 Å². The molecule has 4 rings (SSSR count). The molecule has 0 aliphatic carbocycles. The average Bonchev–Trinajstić information content (AvgIpc) is 2.72. The lowest BCUT2D eigenvalue weighted by Crippen LogP contribution is -1.79. The first-order valence-electron chi connectivity index (χ1n) is 8.87. The molecule has 0 heterocycles. The summed E-state index contributed by atoms with van der Waals surface area (Å²) in [7, 11) is 0. The number of rotatable bonds is 4. The second kappa shape index (κ2) is 7.67. The topological polar surface area (TPSA) is 0 Å². The molecule has 0 unspecified atom stereocenters. The molecule has 0 aliphatic heterocycles. The largest absolute Gasteiger partial charge is 0.0622 e. The lowest BCUT2D eigenvalue weighted by atomic mass is 10.0. The van der Waals surface area contributed by atoms with Crippen LogP contribution in [0.25, 0.3) is 35.1 Å². The summed E-state index contributed by atoms with van der Waals surface area (Å²) in [5.74, 6) is 0. The van der Waals surface area contributed by atoms with Crippen molar-refractivity contribution >= 4 is 35.1 Å². The molecule has 0 spiro atoms. The molecule has 0 N–H and O–H groups in total. The summed E-state index contributed by atoms with van der Waals surface area (Å²) in [6, 6.07) is 34.0. The fraction of sp³-hybridized carbons (Fsp3) is 0. The molecule has 0 bridgehead atoms. The number of benzene rings is 4. The Hall–Kier alpha value is -3.38. The summed E-state index contributed by atoms with van der Waals surface area (Å²) < 4.78 is 0. The van der Waals surface area contributed by atoms with Crippen molar-refractivity contribution in [2.75, 3.05) is 0 Å². The smallest absolute Gasteiger partial charge is 0.0172 e. The highest BCUT2D eigenvalue weighted by atomic mass is 14.0. The highest BCUT2D eigenvalue weighted by Gasteiger charge is 1.96. The first-order chi connectivity index (χ1) is 12.9. The van der Waals surface area contributed by atoms with Crippen LogP contribution in [0, 0.1) is 0 Å². The van der Waals surface area contributed by atoms with Gasteiger partial charge in [-0.2, -0.15) is 0 Å². The quantitative estimate of drug-likeness (QED) is 0.347. The van der Waals surface area contributed by atoms with Crippen LogP contribution in [0.2, 0.25) is 0 Å². The van der Waals surface area contributed by atoms with Crippen molar-refractivity contribution in [1.82, 2.24) is 0 Å². The van der Waals surface area contributed by atoms with Crippen molar-refractivity contribution in [3.8, 4) is 0 Å². The molecule has 0 heteroatoms. The zero-order valence-corrected chi connectivity index (χ0v) is 14.5. The Morgan fingerprint density at radius 3 is 1.23 bits per heavy atom. The molecular formula is C26H20. The van der Waals surface area contributed by atoms with Crippen LogP contribution < -0.4 is 0 Å². The van der Waals surface area contributed by atoms with Crippen LogP contribution >= 0.6 is 0 Å². The normalized spacial score (nSPS) is 11.5. The molecule has 0 saturated carbocycles. The molecule has 124 valence electrons. The molecule has 0 fully saturated rings. The van der Waals surface area contributed by atoms with Gasteiger partial charge in [-0.15, -0.1) is 0 Å². The van der Waals surface area contributed by atoms with Gasteiger partial charge in [-0.3, -0.25) is 0 Å². The van der Waals surface area contributed by atoms with Gasteiger partial charge in [-0.25, -0.2) is 0 Å². The van der Waals surface area contributed by atoms with Gasteiger partial charge in [-0.05, 0) is 45.2 Å². The fourth-order valence-corrected chi connectivity index (χ4v) is 3.00. The van der Waals surface area contributed by atoms with E-state index in [-0.39, 0.29) is 0 Å². The van der Waals surface area contributed by atoms with Gasteiger partial charge in [0.15, 0.2) is 0 Å². The van der Waals surface area contributed by atoms with Crippen molar-refractivity contribution in [2.24, 2.45) is 0 Å². The van der Waals surface area contributed by atoms with Gasteiger partial charge < -0.3 is 0 Å². The minimum Gasteiger partial charge on any atom is -0.0622 e. The molecule has 0 amide bonds. The Morgan fingerprint density at radius 2 is 0.769 bits per heavy atom. The Labute approximate surface area is 154 Å². The van der Waals surface area contributed by atoms with E-state index in [4.69, 9.17) is 0 Å². The molecule has 0 atom stereocenters. The van der Waals surface area contributed by atoms with E-state index in [9.17, 15) is 0 Å². The van der Waals surface area contributed by atoms with E-state index in [1.807, 2.05) is 12.1 Å². The zero-order chi connectivity index (χ0) is 17.6. The van der Waals surface area contributed by atoms with Gasteiger partial charge >= 0.3 is 0 Å². The van der Waals surface area contributed by atoms with Gasteiger partial charge in [0.1, 0.15) is 0 Å². The minimum atomic E-state index is 1.21. The number of hydrogen-bond donors (Lipinski definition) is 0. The van der Waals surface area contributed by atoms with Crippen molar-refractivity contribution in [3.63, 3.8) is 0 Å². The van der Waals surface area contributed by atoms with E-state index in [0.29, 0.717) is 0 Å². The second-order valence-corrected chi connectivity index (χ2v) is 6.35. The van der Waals surface area contributed by atoms with E-state index in [1.54, 1.807) is 0 Å². The predicted molar refractivity (Wildman–Crippen MR) is 115 cm³/mol. The molecule has 26 heavy (non-hydrogen) atoms. The molecular weight excluding hydrogens is 312 g/mol. The summed E-state index contributed by atoms with van der Waals surface area (Å²) in [6.07, 6.45) is 8.64. The maximum atomic E-state index is 2.24. The van der Waals surface area contributed by atoms with E-state index < -0.39 is 0 Å². The SMILES string of the molecule is C(=C\c1ccc2ccc(/C=C/c3ccccc3)cc2c1)/c1ccccc1. The van der Waals surface area contributed by atoms with Gasteiger partial charge in [0, 0.05) is 0 Å². The first kappa shape index (κ1) is 16.1. The Morgan fingerprint density at radius 1 is 0.346 bits per heavy atom. The van der Waals surface area contributed by atoms with Gasteiger partial charge in [0.25, 0.3) is 0 Å².